The first kappa shape index (κ1) is 23.5. The zero-order valence-corrected chi connectivity index (χ0v) is 19.6. The number of aromatic nitrogens is 1. The van der Waals surface area contributed by atoms with Gasteiger partial charge in [-0.05, 0) is 58.5 Å². The Kier molecular flexibility index (Phi) is 7.17. The molecule has 0 saturated carbocycles. The number of nitrogens with one attached hydrogen (secondary N) is 2. The molecule has 4 heterocycles. The predicted octanol–water partition coefficient (Wildman–Crippen LogP) is 1.53. The third-order valence-electron chi connectivity index (χ3n) is 7.35. The van der Waals surface area contributed by atoms with E-state index < -0.39 is 5.41 Å². The predicted molar refractivity (Wildman–Crippen MR) is 122 cm³/mol. The first-order valence-corrected chi connectivity index (χ1v) is 12.0. The van der Waals surface area contributed by atoms with Crippen LogP contribution in [0.4, 0.5) is 0 Å². The Bertz CT molecular complexity index is 902. The van der Waals surface area contributed by atoms with Gasteiger partial charge in [0.2, 0.25) is 17.7 Å². The average Bonchev–Trinajstić information content (AvgIpc) is 3.20. The third-order valence-corrected chi connectivity index (χ3v) is 7.35. The van der Waals surface area contributed by atoms with Gasteiger partial charge in [-0.3, -0.25) is 19.3 Å². The lowest BCUT2D eigenvalue weighted by Gasteiger charge is -2.42. The zero-order valence-electron chi connectivity index (χ0n) is 19.6. The first-order valence-electron chi connectivity index (χ1n) is 12.0. The fourth-order valence-corrected chi connectivity index (χ4v) is 5.44. The maximum atomic E-state index is 13.2. The van der Waals surface area contributed by atoms with Crippen LogP contribution in [0.2, 0.25) is 0 Å². The lowest BCUT2D eigenvalue weighted by molar-refractivity contribution is -0.136. The molecule has 1 aromatic rings. The van der Waals surface area contributed by atoms with E-state index in [0.29, 0.717) is 32.2 Å². The monoisotopic (exact) mass is 457 g/mol. The van der Waals surface area contributed by atoms with Crippen LogP contribution in [0.25, 0.3) is 0 Å². The molecule has 0 aromatic carbocycles. The number of carbonyl (C=O) groups excluding carboxylic acids is 3. The molecule has 0 unspecified atom stereocenters. The van der Waals surface area contributed by atoms with Crippen molar-refractivity contribution in [2.45, 2.75) is 71.0 Å². The molecule has 3 aliphatic rings. The Morgan fingerprint density at radius 2 is 2.03 bits per heavy atom. The zero-order chi connectivity index (χ0) is 23.4. The molecule has 2 atom stereocenters. The number of hydrogen-bond acceptors (Lipinski definition) is 6. The number of carbonyl (C=O) groups is 3. The lowest BCUT2D eigenvalue weighted by atomic mass is 9.74. The minimum absolute atomic E-state index is 0.0322. The van der Waals surface area contributed by atoms with Crippen molar-refractivity contribution in [2.75, 3.05) is 26.2 Å². The fourth-order valence-electron chi connectivity index (χ4n) is 5.44. The van der Waals surface area contributed by atoms with Crippen molar-refractivity contribution in [3.8, 4) is 0 Å². The molecule has 9 nitrogen and oxygen atoms in total. The average molecular weight is 458 g/mol. The summed E-state index contributed by atoms with van der Waals surface area (Å²) in [5, 5.41) is 10.0. The van der Waals surface area contributed by atoms with Gasteiger partial charge in [0.15, 0.2) is 0 Å². The van der Waals surface area contributed by atoms with Crippen LogP contribution in [0.5, 0.6) is 0 Å². The van der Waals surface area contributed by atoms with Crippen LogP contribution in [-0.4, -0.2) is 70.9 Å². The van der Waals surface area contributed by atoms with Crippen molar-refractivity contribution in [1.29, 1.82) is 0 Å². The number of aryl methyl sites for hydroxylation is 1. The minimum atomic E-state index is -0.529. The molecule has 3 amide bonds. The largest absolute Gasteiger partial charge is 0.361 e. The smallest absolute Gasteiger partial charge is 0.239 e. The Balaban J connectivity index is 1.45. The van der Waals surface area contributed by atoms with E-state index in [4.69, 9.17) is 4.52 Å². The van der Waals surface area contributed by atoms with Gasteiger partial charge >= 0.3 is 0 Å². The van der Waals surface area contributed by atoms with Crippen molar-refractivity contribution < 1.29 is 18.9 Å². The summed E-state index contributed by atoms with van der Waals surface area (Å²) in [6, 6.07) is 1.81. The fraction of sp³-hybridized carbons (Fsp3) is 0.667. The van der Waals surface area contributed by atoms with E-state index in [2.05, 4.69) is 32.8 Å². The van der Waals surface area contributed by atoms with Gasteiger partial charge in [0.05, 0.1) is 23.7 Å². The molecule has 2 fully saturated rings. The van der Waals surface area contributed by atoms with E-state index in [1.54, 1.807) is 6.92 Å². The molecular formula is C24H35N5O4. The highest BCUT2D eigenvalue weighted by atomic mass is 16.5. The lowest BCUT2D eigenvalue weighted by Crippen LogP contribution is -2.58. The standard InChI is InChI=1S/C24H35N5O4/c1-17-14-19(27-33-17)16-28-12-9-24(10-13-28)8-4-3-7-21-20(6-5-11-29(21)18(2)30)26-22(31)15-25-23(24)32/h3-4,14,20-21H,5-13,15-16H2,1-2H3,(H,25,32)(H,26,31)/b4-3+/t20-,21-/m1/s1. The van der Waals surface area contributed by atoms with Gasteiger partial charge in [0.25, 0.3) is 0 Å². The second kappa shape index (κ2) is 10.1. The number of piperidine rings is 2. The summed E-state index contributed by atoms with van der Waals surface area (Å²) in [5.74, 6) is 0.593. The first-order chi connectivity index (χ1) is 15.9. The summed E-state index contributed by atoms with van der Waals surface area (Å²) in [7, 11) is 0. The molecule has 0 aliphatic carbocycles. The number of allylic oxidation sites excluding steroid dienone is 1. The van der Waals surface area contributed by atoms with Gasteiger partial charge in [0, 0.05) is 32.1 Å². The number of amides is 3. The SMILES string of the molecule is CC(=O)N1CCC[C@H]2NC(=O)CNC(=O)C3(C/C=C/C[C@H]21)CCN(Cc1cc(C)on1)CC3. The summed E-state index contributed by atoms with van der Waals surface area (Å²) in [6.45, 7) is 6.43. The molecule has 1 aromatic heterocycles. The summed E-state index contributed by atoms with van der Waals surface area (Å²) in [5.41, 5.74) is 0.374. The molecule has 2 saturated heterocycles. The van der Waals surface area contributed by atoms with Crippen molar-refractivity contribution in [2.24, 2.45) is 5.41 Å². The number of hydrogen-bond donors (Lipinski definition) is 2. The molecular weight excluding hydrogens is 422 g/mol. The highest BCUT2D eigenvalue weighted by Gasteiger charge is 2.41. The second-order valence-electron chi connectivity index (χ2n) is 9.68. The van der Waals surface area contributed by atoms with E-state index in [9.17, 15) is 14.4 Å². The van der Waals surface area contributed by atoms with Gasteiger partial charge in [-0.15, -0.1) is 0 Å². The number of nitrogens with zero attached hydrogens (tertiary/aromatic N) is 3. The summed E-state index contributed by atoms with van der Waals surface area (Å²) < 4.78 is 5.17. The van der Waals surface area contributed by atoms with E-state index in [-0.39, 0.29) is 36.3 Å². The summed E-state index contributed by atoms with van der Waals surface area (Å²) in [6.07, 6.45) is 8.64. The molecule has 0 bridgehead atoms. The Labute approximate surface area is 194 Å². The third kappa shape index (κ3) is 5.46. The van der Waals surface area contributed by atoms with E-state index in [1.165, 1.54) is 0 Å². The molecule has 33 heavy (non-hydrogen) atoms. The van der Waals surface area contributed by atoms with E-state index in [1.807, 2.05) is 17.9 Å². The number of rotatable bonds is 2. The maximum absolute atomic E-state index is 13.2. The maximum Gasteiger partial charge on any atom is 0.239 e. The Morgan fingerprint density at radius 1 is 1.24 bits per heavy atom. The van der Waals surface area contributed by atoms with Crippen molar-refractivity contribution in [3.63, 3.8) is 0 Å². The van der Waals surface area contributed by atoms with Gasteiger partial charge in [-0.1, -0.05) is 17.3 Å². The Hall–Kier alpha value is -2.68. The van der Waals surface area contributed by atoms with Gasteiger partial charge in [-0.25, -0.2) is 0 Å². The van der Waals surface area contributed by atoms with Crippen LogP contribution in [0, 0.1) is 12.3 Å². The van der Waals surface area contributed by atoms with Crippen LogP contribution in [0.15, 0.2) is 22.7 Å². The highest BCUT2D eigenvalue weighted by molar-refractivity contribution is 5.88. The molecule has 9 heteroatoms. The van der Waals surface area contributed by atoms with Crippen LogP contribution in [0.3, 0.4) is 0 Å². The highest BCUT2D eigenvalue weighted by Crippen LogP contribution is 2.36. The van der Waals surface area contributed by atoms with E-state index in [0.717, 1.165) is 43.9 Å². The minimum Gasteiger partial charge on any atom is -0.361 e. The normalized spacial score (nSPS) is 27.6. The second-order valence-corrected chi connectivity index (χ2v) is 9.68. The van der Waals surface area contributed by atoms with Crippen LogP contribution >= 0.6 is 0 Å². The van der Waals surface area contributed by atoms with Gasteiger partial charge in [-0.2, -0.15) is 0 Å². The number of likely N-dealkylation sites (tertiary alicyclic amines) is 2. The van der Waals surface area contributed by atoms with Crippen LogP contribution in [0.1, 0.15) is 56.9 Å². The molecule has 0 radical (unpaired) electrons. The molecule has 4 rings (SSSR count). The topological polar surface area (TPSA) is 108 Å². The molecule has 2 N–H and O–H groups in total. The molecule has 1 spiro atoms. The Morgan fingerprint density at radius 3 is 2.73 bits per heavy atom. The summed E-state index contributed by atoms with van der Waals surface area (Å²) in [4.78, 5) is 42.2. The number of fused-ring (bicyclic) bond motifs is 1. The van der Waals surface area contributed by atoms with Crippen LogP contribution in [-0.2, 0) is 20.9 Å². The van der Waals surface area contributed by atoms with Gasteiger partial charge < -0.3 is 20.1 Å². The quantitative estimate of drug-likeness (QED) is 0.652. The van der Waals surface area contributed by atoms with Crippen molar-refractivity contribution >= 4 is 17.7 Å². The van der Waals surface area contributed by atoms with Crippen molar-refractivity contribution in [1.82, 2.24) is 25.6 Å². The molecule has 180 valence electrons. The van der Waals surface area contributed by atoms with Crippen LogP contribution < -0.4 is 10.6 Å². The van der Waals surface area contributed by atoms with Crippen molar-refractivity contribution in [3.05, 3.63) is 29.7 Å². The molecule has 3 aliphatic heterocycles. The van der Waals surface area contributed by atoms with E-state index >= 15 is 0 Å². The van der Waals surface area contributed by atoms with Gasteiger partial charge in [0.1, 0.15) is 5.76 Å². The summed E-state index contributed by atoms with van der Waals surface area (Å²) >= 11 is 0.